The molecule has 0 saturated carbocycles. The highest BCUT2D eigenvalue weighted by Gasteiger charge is 2.14. The van der Waals surface area contributed by atoms with Gasteiger partial charge in [-0.3, -0.25) is 0 Å². The molecular formula is C15H18N6. The number of nitrogens with zero attached hydrogens (tertiary/aromatic N) is 5. The molecule has 3 rings (SSSR count). The molecule has 0 amide bonds. The molecule has 0 bridgehead atoms. The van der Waals surface area contributed by atoms with Crippen molar-refractivity contribution in [3.05, 3.63) is 35.7 Å². The van der Waals surface area contributed by atoms with Gasteiger partial charge in [-0.25, -0.2) is 9.97 Å². The molecule has 3 aromatic rings. The minimum Gasteiger partial charge on any atom is -0.373 e. The van der Waals surface area contributed by atoms with Crippen LogP contribution < -0.4 is 5.32 Å². The summed E-state index contributed by atoms with van der Waals surface area (Å²) in [6.07, 6.45) is 1.85. The minimum atomic E-state index is 0.784. The van der Waals surface area contributed by atoms with Crippen LogP contribution in [0.2, 0.25) is 0 Å². The highest BCUT2D eigenvalue weighted by Crippen LogP contribution is 2.22. The summed E-state index contributed by atoms with van der Waals surface area (Å²) >= 11 is 0. The third-order valence-electron chi connectivity index (χ3n) is 3.43. The Bertz CT molecular complexity index is 777. The zero-order valence-corrected chi connectivity index (χ0v) is 12.5. The van der Waals surface area contributed by atoms with E-state index in [0.717, 1.165) is 46.9 Å². The van der Waals surface area contributed by atoms with Crippen LogP contribution in [0.25, 0.3) is 16.9 Å². The second kappa shape index (κ2) is 5.47. The quantitative estimate of drug-likeness (QED) is 0.796. The first-order chi connectivity index (χ1) is 10.2. The second-order valence-corrected chi connectivity index (χ2v) is 4.93. The van der Waals surface area contributed by atoms with Crippen LogP contribution in [-0.4, -0.2) is 32.0 Å². The molecule has 2 heterocycles. The molecule has 0 radical (unpaired) electrons. The summed E-state index contributed by atoms with van der Waals surface area (Å²) in [4.78, 5) is 9.22. The standard InChI is InChI=1S/C15H18N6/c1-4-7-13-17-14(16-3)10(2)15(18-13)21-12-9-6-5-8-11(12)19-20-21/h5-6,8-9H,4,7H2,1-3H3,(H,16,17,18). The van der Waals surface area contributed by atoms with Crippen LogP contribution in [0.5, 0.6) is 0 Å². The lowest BCUT2D eigenvalue weighted by Crippen LogP contribution is -2.10. The number of para-hydroxylation sites is 1. The molecule has 1 aromatic carbocycles. The van der Waals surface area contributed by atoms with E-state index in [1.165, 1.54) is 0 Å². The zero-order chi connectivity index (χ0) is 14.8. The van der Waals surface area contributed by atoms with E-state index in [-0.39, 0.29) is 0 Å². The Kier molecular flexibility index (Phi) is 3.51. The molecule has 0 fully saturated rings. The van der Waals surface area contributed by atoms with E-state index >= 15 is 0 Å². The number of nitrogens with one attached hydrogen (secondary N) is 1. The van der Waals surface area contributed by atoms with Crippen LogP contribution in [0.15, 0.2) is 24.3 Å². The SMILES string of the molecule is CCCc1nc(NC)c(C)c(-n2nnc3ccccc32)n1. The van der Waals surface area contributed by atoms with Gasteiger partial charge in [-0.05, 0) is 25.5 Å². The van der Waals surface area contributed by atoms with Crippen LogP contribution in [0.3, 0.4) is 0 Å². The number of fused-ring (bicyclic) bond motifs is 1. The minimum absolute atomic E-state index is 0.784. The Morgan fingerprint density at radius 2 is 2.00 bits per heavy atom. The number of hydrogen-bond acceptors (Lipinski definition) is 5. The average molecular weight is 282 g/mol. The monoisotopic (exact) mass is 282 g/mol. The highest BCUT2D eigenvalue weighted by atomic mass is 15.4. The molecular weight excluding hydrogens is 264 g/mol. The van der Waals surface area contributed by atoms with Gasteiger partial charge in [0, 0.05) is 19.0 Å². The fourth-order valence-corrected chi connectivity index (χ4v) is 2.36. The third-order valence-corrected chi connectivity index (χ3v) is 3.43. The van der Waals surface area contributed by atoms with Gasteiger partial charge in [-0.1, -0.05) is 24.3 Å². The molecule has 6 nitrogen and oxygen atoms in total. The molecule has 0 unspecified atom stereocenters. The van der Waals surface area contributed by atoms with Gasteiger partial charge in [-0.15, -0.1) is 5.10 Å². The Labute approximate surface area is 123 Å². The number of aromatic nitrogens is 5. The Hall–Kier alpha value is -2.50. The summed E-state index contributed by atoms with van der Waals surface area (Å²) in [5, 5.41) is 11.6. The predicted octanol–water partition coefficient (Wildman–Crippen LogP) is 2.51. The average Bonchev–Trinajstić information content (AvgIpc) is 2.93. The van der Waals surface area contributed by atoms with E-state index in [1.54, 1.807) is 4.68 Å². The maximum Gasteiger partial charge on any atom is 0.164 e. The van der Waals surface area contributed by atoms with Crippen LogP contribution in [0.4, 0.5) is 5.82 Å². The smallest absolute Gasteiger partial charge is 0.164 e. The zero-order valence-electron chi connectivity index (χ0n) is 12.5. The summed E-state index contributed by atoms with van der Waals surface area (Å²) in [5.74, 6) is 2.44. The van der Waals surface area contributed by atoms with Crippen LogP contribution in [-0.2, 0) is 6.42 Å². The number of aryl methyl sites for hydroxylation is 1. The number of rotatable bonds is 4. The van der Waals surface area contributed by atoms with Crippen molar-refractivity contribution in [2.45, 2.75) is 26.7 Å². The largest absolute Gasteiger partial charge is 0.373 e. The van der Waals surface area contributed by atoms with Crippen molar-refractivity contribution in [1.82, 2.24) is 25.0 Å². The van der Waals surface area contributed by atoms with E-state index in [4.69, 9.17) is 0 Å². The Morgan fingerprint density at radius 3 is 2.76 bits per heavy atom. The van der Waals surface area contributed by atoms with Crippen LogP contribution in [0, 0.1) is 6.92 Å². The van der Waals surface area contributed by atoms with Gasteiger partial charge in [0.1, 0.15) is 17.2 Å². The molecule has 0 saturated heterocycles. The first kappa shape index (κ1) is 13.5. The summed E-state index contributed by atoms with van der Waals surface area (Å²) in [7, 11) is 1.87. The lowest BCUT2D eigenvalue weighted by Gasteiger charge is -2.12. The fraction of sp³-hybridized carbons (Fsp3) is 0.333. The van der Waals surface area contributed by atoms with E-state index in [9.17, 15) is 0 Å². The van der Waals surface area contributed by atoms with Gasteiger partial charge < -0.3 is 5.32 Å². The van der Waals surface area contributed by atoms with Crippen molar-refractivity contribution in [3.8, 4) is 5.82 Å². The first-order valence-corrected chi connectivity index (χ1v) is 7.10. The van der Waals surface area contributed by atoms with Crippen molar-refractivity contribution < 1.29 is 0 Å². The normalized spacial score (nSPS) is 11.0. The molecule has 0 aliphatic carbocycles. The van der Waals surface area contributed by atoms with Crippen molar-refractivity contribution in [1.29, 1.82) is 0 Å². The second-order valence-electron chi connectivity index (χ2n) is 4.93. The molecule has 6 heteroatoms. The summed E-state index contributed by atoms with van der Waals surface area (Å²) in [6.45, 7) is 4.11. The van der Waals surface area contributed by atoms with Gasteiger partial charge in [0.2, 0.25) is 0 Å². The maximum atomic E-state index is 4.67. The molecule has 0 atom stereocenters. The number of anilines is 1. The van der Waals surface area contributed by atoms with E-state index in [2.05, 4.69) is 32.5 Å². The van der Waals surface area contributed by atoms with E-state index < -0.39 is 0 Å². The molecule has 108 valence electrons. The lowest BCUT2D eigenvalue weighted by atomic mass is 10.2. The van der Waals surface area contributed by atoms with E-state index in [0.29, 0.717) is 0 Å². The fourth-order valence-electron chi connectivity index (χ4n) is 2.36. The number of benzene rings is 1. The van der Waals surface area contributed by atoms with Gasteiger partial charge in [0.25, 0.3) is 0 Å². The van der Waals surface area contributed by atoms with Gasteiger partial charge >= 0.3 is 0 Å². The molecule has 2 aromatic heterocycles. The molecule has 0 spiro atoms. The summed E-state index contributed by atoms with van der Waals surface area (Å²) < 4.78 is 1.78. The molecule has 21 heavy (non-hydrogen) atoms. The molecule has 0 aliphatic rings. The molecule has 1 N–H and O–H groups in total. The topological polar surface area (TPSA) is 68.5 Å². The van der Waals surface area contributed by atoms with Gasteiger partial charge in [0.15, 0.2) is 5.82 Å². The van der Waals surface area contributed by atoms with Crippen molar-refractivity contribution in [2.24, 2.45) is 0 Å². The summed E-state index contributed by atoms with van der Waals surface area (Å²) in [5.41, 5.74) is 2.77. The highest BCUT2D eigenvalue weighted by molar-refractivity contribution is 5.76. The van der Waals surface area contributed by atoms with Gasteiger partial charge in [0.05, 0.1) is 5.52 Å². The molecule has 0 aliphatic heterocycles. The van der Waals surface area contributed by atoms with E-state index in [1.807, 2.05) is 38.2 Å². The third kappa shape index (κ3) is 2.33. The van der Waals surface area contributed by atoms with Crippen LogP contribution >= 0.6 is 0 Å². The van der Waals surface area contributed by atoms with Gasteiger partial charge in [-0.2, -0.15) is 4.68 Å². The summed E-state index contributed by atoms with van der Waals surface area (Å²) in [6, 6.07) is 7.87. The Morgan fingerprint density at radius 1 is 1.19 bits per heavy atom. The van der Waals surface area contributed by atoms with Crippen molar-refractivity contribution >= 4 is 16.9 Å². The first-order valence-electron chi connectivity index (χ1n) is 7.10. The predicted molar refractivity (Wildman–Crippen MR) is 82.7 cm³/mol. The van der Waals surface area contributed by atoms with Crippen LogP contribution in [0.1, 0.15) is 24.7 Å². The maximum absolute atomic E-state index is 4.67. The number of hydrogen-bond donors (Lipinski definition) is 1. The van der Waals surface area contributed by atoms with Crippen molar-refractivity contribution in [2.75, 3.05) is 12.4 Å². The van der Waals surface area contributed by atoms with Crippen molar-refractivity contribution in [3.63, 3.8) is 0 Å². The Balaban J connectivity index is 2.23. The lowest BCUT2D eigenvalue weighted by molar-refractivity contribution is 0.760.